The lowest BCUT2D eigenvalue weighted by molar-refractivity contribution is 0.364. The number of aromatic nitrogens is 3. The fraction of sp³-hybridized carbons (Fsp3) is 0.0588. The van der Waals surface area contributed by atoms with Gasteiger partial charge in [-0.25, -0.2) is 13.8 Å². The normalized spacial score (nSPS) is 11.6. The Balaban J connectivity index is 1.98. The fourth-order valence-corrected chi connectivity index (χ4v) is 2.48. The first kappa shape index (κ1) is 17.3. The van der Waals surface area contributed by atoms with Crippen LogP contribution >= 0.6 is 23.8 Å². The molecule has 0 amide bonds. The minimum atomic E-state index is -0.807. The van der Waals surface area contributed by atoms with Crippen molar-refractivity contribution in [1.29, 1.82) is 0 Å². The Morgan fingerprint density at radius 2 is 2.08 bits per heavy atom. The first-order valence-corrected chi connectivity index (χ1v) is 8.00. The average molecular weight is 380 g/mol. The summed E-state index contributed by atoms with van der Waals surface area (Å²) in [5.41, 5.74) is 0.688. The summed E-state index contributed by atoms with van der Waals surface area (Å²) >= 11 is 11.3. The van der Waals surface area contributed by atoms with E-state index in [1.54, 1.807) is 29.0 Å². The molecule has 0 saturated heterocycles. The molecule has 1 N–H and O–H groups in total. The second-order valence-corrected chi connectivity index (χ2v) is 5.84. The standard InChI is InChI=1S/C17H12ClF2N3OS/c18-14-4-2-1-3-11(14)7-13(9-23-17(25)21-10-22-23)24-16-6-5-12(19)8-15(16)20/h1-8,10H,9H2,(H,21,22,25)/b13-7-. The highest BCUT2D eigenvalue weighted by Gasteiger charge is 2.11. The van der Waals surface area contributed by atoms with Crippen LogP contribution in [0.25, 0.3) is 6.08 Å². The van der Waals surface area contributed by atoms with E-state index in [1.807, 2.05) is 6.07 Å². The first-order valence-electron chi connectivity index (χ1n) is 7.21. The number of nitrogens with one attached hydrogen (secondary N) is 1. The molecule has 2 aromatic carbocycles. The molecule has 0 aliphatic heterocycles. The van der Waals surface area contributed by atoms with Gasteiger partial charge in [0, 0.05) is 11.1 Å². The van der Waals surface area contributed by atoms with Gasteiger partial charge in [-0.2, -0.15) is 0 Å². The van der Waals surface area contributed by atoms with Crippen LogP contribution in [0.2, 0.25) is 5.02 Å². The summed E-state index contributed by atoms with van der Waals surface area (Å²) in [4.78, 5) is 3.92. The summed E-state index contributed by atoms with van der Waals surface area (Å²) in [6, 6.07) is 10.2. The van der Waals surface area contributed by atoms with Gasteiger partial charge < -0.3 is 4.74 Å². The molecular weight excluding hydrogens is 368 g/mol. The van der Waals surface area contributed by atoms with Gasteiger partial charge in [-0.1, -0.05) is 29.8 Å². The molecule has 1 aromatic heterocycles. The Morgan fingerprint density at radius 1 is 1.28 bits per heavy atom. The number of nitrogens with zero attached hydrogens (tertiary/aromatic N) is 2. The lowest BCUT2D eigenvalue weighted by Crippen LogP contribution is -2.09. The number of H-pyrrole nitrogens is 1. The Bertz CT molecular complexity index is 984. The van der Waals surface area contributed by atoms with E-state index in [2.05, 4.69) is 10.1 Å². The van der Waals surface area contributed by atoms with Crippen LogP contribution in [0.15, 0.2) is 54.6 Å². The second-order valence-electron chi connectivity index (χ2n) is 5.06. The molecule has 3 rings (SSSR count). The number of hydrogen-bond donors (Lipinski definition) is 1. The maximum absolute atomic E-state index is 13.9. The smallest absolute Gasteiger partial charge is 0.216 e. The molecule has 0 radical (unpaired) electrons. The molecule has 4 nitrogen and oxygen atoms in total. The van der Waals surface area contributed by atoms with E-state index in [0.717, 1.165) is 12.1 Å². The molecule has 128 valence electrons. The summed E-state index contributed by atoms with van der Waals surface area (Å²) in [5, 5.41) is 3.35. The van der Waals surface area contributed by atoms with E-state index >= 15 is 0 Å². The minimum absolute atomic E-state index is 0.106. The van der Waals surface area contributed by atoms with E-state index < -0.39 is 11.6 Å². The molecule has 8 heteroatoms. The van der Waals surface area contributed by atoms with E-state index in [0.29, 0.717) is 21.1 Å². The van der Waals surface area contributed by atoms with Crippen molar-refractivity contribution < 1.29 is 13.5 Å². The lowest BCUT2D eigenvalue weighted by atomic mass is 10.2. The van der Waals surface area contributed by atoms with E-state index in [-0.39, 0.29) is 12.3 Å². The Kier molecular flexibility index (Phi) is 5.25. The van der Waals surface area contributed by atoms with Gasteiger partial charge in [0.15, 0.2) is 11.6 Å². The third-order valence-corrected chi connectivity index (χ3v) is 3.96. The zero-order valence-electron chi connectivity index (χ0n) is 12.7. The Labute approximate surface area is 152 Å². The van der Waals surface area contributed by atoms with Gasteiger partial charge >= 0.3 is 0 Å². The van der Waals surface area contributed by atoms with Crippen LogP contribution in [0.3, 0.4) is 0 Å². The van der Waals surface area contributed by atoms with Crippen molar-refractivity contribution in [2.24, 2.45) is 0 Å². The van der Waals surface area contributed by atoms with Crippen LogP contribution in [-0.4, -0.2) is 14.8 Å². The van der Waals surface area contributed by atoms with Gasteiger partial charge in [0.1, 0.15) is 17.9 Å². The maximum atomic E-state index is 13.9. The van der Waals surface area contributed by atoms with Crippen molar-refractivity contribution in [2.45, 2.75) is 6.54 Å². The Hall–Kier alpha value is -2.51. The quantitative estimate of drug-likeness (QED) is 0.501. The SMILES string of the molecule is Fc1ccc(O/C(=C\c2ccccc2Cl)Cn2[nH]cnc2=S)c(F)c1. The van der Waals surface area contributed by atoms with Crippen LogP contribution in [-0.2, 0) is 6.54 Å². The van der Waals surface area contributed by atoms with Crippen molar-refractivity contribution in [1.82, 2.24) is 14.8 Å². The van der Waals surface area contributed by atoms with Crippen molar-refractivity contribution in [3.05, 3.63) is 81.5 Å². The lowest BCUT2D eigenvalue weighted by Gasteiger charge is -2.12. The van der Waals surface area contributed by atoms with Crippen LogP contribution in [0.1, 0.15) is 5.56 Å². The molecule has 0 atom stereocenters. The number of ether oxygens (including phenoxy) is 1. The van der Waals surface area contributed by atoms with Gasteiger partial charge in [-0.3, -0.25) is 9.78 Å². The second kappa shape index (κ2) is 7.58. The summed E-state index contributed by atoms with van der Waals surface area (Å²) < 4.78 is 34.5. The summed E-state index contributed by atoms with van der Waals surface area (Å²) in [7, 11) is 0. The summed E-state index contributed by atoms with van der Waals surface area (Å²) in [6.45, 7) is 0.168. The summed E-state index contributed by atoms with van der Waals surface area (Å²) in [5.74, 6) is -1.25. The molecule has 0 aliphatic carbocycles. The van der Waals surface area contributed by atoms with Crippen molar-refractivity contribution in [2.75, 3.05) is 0 Å². The number of halogens is 3. The molecule has 0 bridgehead atoms. The third kappa shape index (κ3) is 4.32. The van der Waals surface area contributed by atoms with Gasteiger partial charge in [-0.05, 0) is 42.1 Å². The zero-order valence-corrected chi connectivity index (χ0v) is 14.3. The molecule has 0 spiro atoms. The van der Waals surface area contributed by atoms with Gasteiger partial charge in [0.25, 0.3) is 0 Å². The maximum Gasteiger partial charge on any atom is 0.216 e. The van der Waals surface area contributed by atoms with E-state index in [1.165, 1.54) is 12.4 Å². The van der Waals surface area contributed by atoms with Crippen molar-refractivity contribution in [3.8, 4) is 5.75 Å². The van der Waals surface area contributed by atoms with E-state index in [9.17, 15) is 8.78 Å². The van der Waals surface area contributed by atoms with Crippen molar-refractivity contribution >= 4 is 29.9 Å². The van der Waals surface area contributed by atoms with Gasteiger partial charge in [-0.15, -0.1) is 0 Å². The highest BCUT2D eigenvalue weighted by Crippen LogP contribution is 2.24. The topological polar surface area (TPSA) is 42.8 Å². The van der Waals surface area contributed by atoms with Crippen LogP contribution in [0.4, 0.5) is 8.78 Å². The molecule has 1 heterocycles. The predicted molar refractivity (Wildman–Crippen MR) is 93.8 cm³/mol. The highest BCUT2D eigenvalue weighted by molar-refractivity contribution is 7.71. The molecule has 0 fully saturated rings. The number of rotatable bonds is 5. The van der Waals surface area contributed by atoms with Crippen molar-refractivity contribution in [3.63, 3.8) is 0 Å². The largest absolute Gasteiger partial charge is 0.457 e. The summed E-state index contributed by atoms with van der Waals surface area (Å²) in [6.07, 6.45) is 3.10. The fourth-order valence-electron chi connectivity index (χ4n) is 2.12. The zero-order chi connectivity index (χ0) is 17.8. The number of hydrogen-bond acceptors (Lipinski definition) is 3. The molecule has 0 unspecified atom stereocenters. The van der Waals surface area contributed by atoms with Crippen LogP contribution in [0, 0.1) is 16.4 Å². The highest BCUT2D eigenvalue weighted by atomic mass is 35.5. The molecule has 0 saturated carbocycles. The van der Waals surface area contributed by atoms with Gasteiger partial charge in [0.2, 0.25) is 4.77 Å². The first-order chi connectivity index (χ1) is 12.0. The third-order valence-electron chi connectivity index (χ3n) is 3.29. The predicted octanol–water partition coefficient (Wildman–Crippen LogP) is 4.99. The van der Waals surface area contributed by atoms with Crippen LogP contribution in [0.5, 0.6) is 5.75 Å². The number of aromatic amines is 1. The minimum Gasteiger partial charge on any atom is -0.457 e. The number of allylic oxidation sites excluding steroid dienone is 1. The molecule has 0 aliphatic rings. The number of benzene rings is 2. The average Bonchev–Trinajstić information content (AvgIpc) is 2.97. The molecule has 25 heavy (non-hydrogen) atoms. The van der Waals surface area contributed by atoms with Crippen LogP contribution < -0.4 is 4.74 Å². The van der Waals surface area contributed by atoms with E-state index in [4.69, 9.17) is 28.6 Å². The van der Waals surface area contributed by atoms with Gasteiger partial charge in [0.05, 0.1) is 6.54 Å². The monoisotopic (exact) mass is 379 g/mol. The Morgan fingerprint density at radius 3 is 2.76 bits per heavy atom. The molecular formula is C17H12ClF2N3OS. The molecule has 3 aromatic rings.